The number of benzene rings is 1. The predicted octanol–water partition coefficient (Wildman–Crippen LogP) is 5.54. The molecule has 0 spiro atoms. The third-order valence-electron chi connectivity index (χ3n) is 9.69. The van der Waals surface area contributed by atoms with Gasteiger partial charge in [-0.1, -0.05) is 11.6 Å². The number of ether oxygens (including phenoxy) is 1. The summed E-state index contributed by atoms with van der Waals surface area (Å²) in [6, 6.07) is 2.56. The van der Waals surface area contributed by atoms with Crippen molar-refractivity contribution >= 4 is 34.1 Å². The Bertz CT molecular complexity index is 1620. The molecule has 6 heterocycles. The normalized spacial score (nSPS) is 27.2. The number of aromatic nitrogens is 3. The Morgan fingerprint density at radius 1 is 1.18 bits per heavy atom. The second kappa shape index (κ2) is 10.8. The van der Waals surface area contributed by atoms with Gasteiger partial charge in [0.1, 0.15) is 29.9 Å². The van der Waals surface area contributed by atoms with Gasteiger partial charge in [0.25, 0.3) is 0 Å². The van der Waals surface area contributed by atoms with E-state index in [1.807, 2.05) is 4.90 Å². The first-order valence-electron chi connectivity index (χ1n) is 15.0. The van der Waals surface area contributed by atoms with Crippen molar-refractivity contribution in [3.8, 4) is 17.3 Å². The average Bonchev–Trinajstić information content (AvgIpc) is 3.57. The highest BCUT2D eigenvalue weighted by molar-refractivity contribution is 6.34. The highest BCUT2D eigenvalue weighted by Crippen LogP contribution is 2.45. The third kappa shape index (κ3) is 5.10. The molecule has 4 atom stereocenters. The number of nitrogens with two attached hydrogens (primary N) is 1. The van der Waals surface area contributed by atoms with E-state index in [1.54, 1.807) is 0 Å². The van der Waals surface area contributed by atoms with Crippen LogP contribution in [0, 0.1) is 18.7 Å². The summed E-state index contributed by atoms with van der Waals surface area (Å²) in [5.41, 5.74) is 2.49. The van der Waals surface area contributed by atoms with Gasteiger partial charge in [0, 0.05) is 37.5 Å². The zero-order valence-corrected chi connectivity index (χ0v) is 24.9. The van der Waals surface area contributed by atoms with Crippen LogP contribution in [-0.2, 0) is 6.18 Å². The zero-order chi connectivity index (χ0) is 31.0. The lowest BCUT2D eigenvalue weighted by Gasteiger charge is -2.31. The molecular weight excluding hydrogens is 605 g/mol. The van der Waals surface area contributed by atoms with E-state index in [0.29, 0.717) is 37.8 Å². The molecule has 44 heavy (non-hydrogen) atoms. The van der Waals surface area contributed by atoms with Gasteiger partial charge in [0.05, 0.1) is 27.4 Å². The Morgan fingerprint density at radius 2 is 2.00 bits per heavy atom. The molecule has 2 unspecified atom stereocenters. The van der Waals surface area contributed by atoms with Gasteiger partial charge in [-0.3, -0.25) is 4.90 Å². The Labute approximate surface area is 256 Å². The summed E-state index contributed by atoms with van der Waals surface area (Å²) in [6.45, 7) is 4.62. The van der Waals surface area contributed by atoms with Gasteiger partial charge in [0.15, 0.2) is 5.82 Å². The number of fused-ring (bicyclic) bond motifs is 4. The van der Waals surface area contributed by atoms with Crippen LogP contribution >= 0.6 is 11.6 Å². The Balaban J connectivity index is 1.37. The van der Waals surface area contributed by atoms with E-state index in [0.717, 1.165) is 44.8 Å². The van der Waals surface area contributed by atoms with E-state index in [2.05, 4.69) is 20.2 Å². The third-order valence-corrected chi connectivity index (χ3v) is 9.99. The lowest BCUT2D eigenvalue weighted by atomic mass is 9.95. The number of nitrogen functional groups attached to an aromatic ring is 1. The van der Waals surface area contributed by atoms with Crippen LogP contribution in [0.15, 0.2) is 12.1 Å². The molecule has 7 rings (SSSR count). The number of anilines is 2. The molecule has 2 bridgehead atoms. The Hall–Kier alpha value is -3.03. The molecule has 4 saturated heterocycles. The van der Waals surface area contributed by atoms with Crippen molar-refractivity contribution < 1.29 is 26.7 Å². The smallest absolute Gasteiger partial charge is 0.418 e. The average molecular weight is 638 g/mol. The molecule has 8 nitrogen and oxygen atoms in total. The van der Waals surface area contributed by atoms with Gasteiger partial charge < -0.3 is 20.7 Å². The van der Waals surface area contributed by atoms with Crippen molar-refractivity contribution in [3.63, 3.8) is 0 Å². The highest BCUT2D eigenvalue weighted by atomic mass is 35.5. The van der Waals surface area contributed by atoms with Crippen LogP contribution in [0.25, 0.3) is 22.2 Å². The summed E-state index contributed by atoms with van der Waals surface area (Å²) in [5, 5.41) is 3.49. The van der Waals surface area contributed by atoms with Gasteiger partial charge in [-0.15, -0.1) is 0 Å². The fraction of sp³-hybridized carbons (Fsp3) is 0.567. The van der Waals surface area contributed by atoms with E-state index in [1.165, 1.54) is 13.0 Å². The van der Waals surface area contributed by atoms with Crippen molar-refractivity contribution in [3.05, 3.63) is 34.1 Å². The minimum Gasteiger partial charge on any atom is -0.461 e. The quantitative estimate of drug-likeness (QED) is 0.353. The molecule has 0 saturated carbocycles. The van der Waals surface area contributed by atoms with Crippen LogP contribution in [0.3, 0.4) is 0 Å². The maximum absolute atomic E-state index is 16.6. The van der Waals surface area contributed by atoms with E-state index < -0.39 is 40.5 Å². The van der Waals surface area contributed by atoms with Gasteiger partial charge in [-0.05, 0) is 69.3 Å². The summed E-state index contributed by atoms with van der Waals surface area (Å²) in [7, 11) is 0. The monoisotopic (exact) mass is 637 g/mol. The first-order valence-corrected chi connectivity index (χ1v) is 15.3. The van der Waals surface area contributed by atoms with Crippen molar-refractivity contribution in [2.24, 2.45) is 5.92 Å². The van der Waals surface area contributed by atoms with Gasteiger partial charge in [-0.25, -0.2) is 13.8 Å². The number of pyridine rings is 1. The molecule has 236 valence electrons. The first-order chi connectivity index (χ1) is 20.9. The fourth-order valence-electron chi connectivity index (χ4n) is 7.72. The number of rotatable bonds is 5. The molecular formula is C30H33ClF5N7O. The summed E-state index contributed by atoms with van der Waals surface area (Å²) < 4.78 is 79.9. The van der Waals surface area contributed by atoms with E-state index in [9.17, 15) is 17.6 Å². The number of aryl methyl sites for hydroxylation is 1. The number of nitrogens with zero attached hydrogens (tertiary/aromatic N) is 5. The second-order valence-corrected chi connectivity index (χ2v) is 13.1. The molecule has 3 aromatic rings. The topological polar surface area (TPSA) is 92.4 Å². The van der Waals surface area contributed by atoms with E-state index in [-0.39, 0.29) is 46.0 Å². The van der Waals surface area contributed by atoms with Crippen LogP contribution in [0.2, 0.25) is 5.02 Å². The van der Waals surface area contributed by atoms with Crippen LogP contribution in [0.5, 0.6) is 6.01 Å². The number of hydrogen-bond acceptors (Lipinski definition) is 8. The SMILES string of the molecule is Cc1cc(N)nc(-c2c(Cl)cc3c(N4CCC5CNC(C5)C4)nc(OC[C@@]45CCCN4C[C@H](F)C5)nc3c2F)c1C(F)(F)F. The summed E-state index contributed by atoms with van der Waals surface area (Å²) in [6.07, 6.45) is -1.94. The van der Waals surface area contributed by atoms with Crippen LogP contribution < -0.4 is 20.7 Å². The minimum absolute atomic E-state index is 0.112. The maximum atomic E-state index is 16.6. The Morgan fingerprint density at radius 3 is 2.80 bits per heavy atom. The number of hydrogen-bond donors (Lipinski definition) is 2. The van der Waals surface area contributed by atoms with Crippen molar-refractivity contribution in [1.82, 2.24) is 25.2 Å². The number of alkyl halides is 4. The van der Waals surface area contributed by atoms with Gasteiger partial charge in [0.2, 0.25) is 0 Å². The summed E-state index contributed by atoms with van der Waals surface area (Å²) in [4.78, 5) is 17.1. The molecule has 4 fully saturated rings. The molecule has 1 aromatic carbocycles. The van der Waals surface area contributed by atoms with Crippen molar-refractivity contribution in [2.45, 2.75) is 63.0 Å². The standard InChI is InChI=1S/C30H33ClF5N7O/c1-15-7-21(37)39-26(23(15)30(34,35)36)22-20(31)9-19-25(24(22)33)40-28(44-14-29-4-2-5-43(29)12-17(32)10-29)41-27(19)42-6-3-16-8-18(13-42)38-11-16/h7,9,16-18,38H,2-6,8,10-14H2,1H3,(H2,37,39)/t16?,17-,18?,29+/m1/s1. The fourth-order valence-corrected chi connectivity index (χ4v) is 8.00. The van der Waals surface area contributed by atoms with E-state index >= 15 is 4.39 Å². The van der Waals surface area contributed by atoms with Gasteiger partial charge in [-0.2, -0.15) is 23.1 Å². The lowest BCUT2D eigenvalue weighted by Crippen LogP contribution is -2.43. The molecule has 0 aliphatic carbocycles. The number of halogens is 6. The summed E-state index contributed by atoms with van der Waals surface area (Å²) >= 11 is 6.59. The highest BCUT2D eigenvalue weighted by Gasteiger charge is 2.49. The Kier molecular flexibility index (Phi) is 7.28. The molecule has 4 aliphatic heterocycles. The maximum Gasteiger partial charge on any atom is 0.418 e. The van der Waals surface area contributed by atoms with Crippen molar-refractivity contribution in [2.75, 3.05) is 50.0 Å². The zero-order valence-electron chi connectivity index (χ0n) is 24.2. The predicted molar refractivity (Wildman–Crippen MR) is 157 cm³/mol. The number of nitrogens with one attached hydrogen (secondary N) is 1. The van der Waals surface area contributed by atoms with Gasteiger partial charge >= 0.3 is 12.2 Å². The first kappa shape index (κ1) is 29.7. The molecule has 0 radical (unpaired) electrons. The minimum atomic E-state index is -4.85. The largest absolute Gasteiger partial charge is 0.461 e. The van der Waals surface area contributed by atoms with E-state index in [4.69, 9.17) is 27.1 Å². The molecule has 4 aliphatic rings. The molecule has 14 heteroatoms. The molecule has 0 amide bonds. The lowest BCUT2D eigenvalue weighted by molar-refractivity contribution is -0.137. The molecule has 2 aromatic heterocycles. The van der Waals surface area contributed by atoms with Crippen LogP contribution in [0.4, 0.5) is 33.6 Å². The van der Waals surface area contributed by atoms with Crippen LogP contribution in [0.1, 0.15) is 43.2 Å². The van der Waals surface area contributed by atoms with Crippen molar-refractivity contribution in [1.29, 1.82) is 0 Å². The summed E-state index contributed by atoms with van der Waals surface area (Å²) in [5.74, 6) is -0.398. The van der Waals surface area contributed by atoms with Crippen LogP contribution in [-0.4, -0.2) is 76.9 Å². The second-order valence-electron chi connectivity index (χ2n) is 12.7. The molecule has 3 N–H and O–H groups in total.